The molecule has 0 radical (unpaired) electrons. The summed E-state index contributed by atoms with van der Waals surface area (Å²) in [6, 6.07) is 13.3. The number of piperidine rings is 1. The summed E-state index contributed by atoms with van der Waals surface area (Å²) in [5, 5.41) is 9.08. The van der Waals surface area contributed by atoms with E-state index >= 15 is 0 Å². The Hall–Kier alpha value is -4.18. The average molecular weight is 502 g/mol. The van der Waals surface area contributed by atoms with Gasteiger partial charge in [0.25, 0.3) is 0 Å². The highest BCUT2D eigenvalue weighted by atomic mass is 16.5. The number of benzene rings is 2. The monoisotopic (exact) mass is 501 g/mol. The van der Waals surface area contributed by atoms with Crippen LogP contribution in [0, 0.1) is 0 Å². The van der Waals surface area contributed by atoms with Crippen molar-refractivity contribution in [2.24, 2.45) is 0 Å². The van der Waals surface area contributed by atoms with Gasteiger partial charge in [-0.25, -0.2) is 14.6 Å². The Morgan fingerprint density at radius 1 is 1.16 bits per heavy atom. The van der Waals surface area contributed by atoms with Crippen LogP contribution in [0.25, 0.3) is 22.3 Å². The van der Waals surface area contributed by atoms with Crippen LogP contribution in [0.1, 0.15) is 32.7 Å². The van der Waals surface area contributed by atoms with Crippen LogP contribution in [0.15, 0.2) is 48.8 Å². The summed E-state index contributed by atoms with van der Waals surface area (Å²) in [6.45, 7) is 5.88. The number of nitrogen functional groups attached to an aromatic ring is 1. The van der Waals surface area contributed by atoms with Gasteiger partial charge in [-0.3, -0.25) is 9.69 Å². The number of aromatic nitrogens is 4. The molecule has 1 amide bonds. The number of carbonyl (C=O) groups excluding carboxylic acids is 1. The number of anilines is 3. The molecule has 4 aromatic rings. The molecule has 1 fully saturated rings. The molecule has 192 valence electrons. The number of nitrogens with zero attached hydrogens (tertiary/aromatic N) is 5. The van der Waals surface area contributed by atoms with Crippen molar-refractivity contribution in [1.82, 2.24) is 25.1 Å². The Labute approximate surface area is 215 Å². The van der Waals surface area contributed by atoms with E-state index in [0.29, 0.717) is 40.6 Å². The fraction of sp³-hybridized carbons (Fsp3) is 0.333. The Morgan fingerprint density at radius 2 is 1.92 bits per heavy atom. The number of hydrogen-bond acceptors (Lipinski definition) is 8. The number of carbonyl (C=O) groups is 1. The van der Waals surface area contributed by atoms with E-state index in [2.05, 4.69) is 15.3 Å². The van der Waals surface area contributed by atoms with Crippen molar-refractivity contribution < 1.29 is 14.3 Å². The number of ether oxygens (including phenoxy) is 2. The van der Waals surface area contributed by atoms with Gasteiger partial charge in [0.05, 0.1) is 30.8 Å². The van der Waals surface area contributed by atoms with Crippen molar-refractivity contribution >= 4 is 34.1 Å². The zero-order chi connectivity index (χ0) is 25.9. The third-order valence-electron chi connectivity index (χ3n) is 6.59. The smallest absolute Gasteiger partial charge is 0.228 e. The van der Waals surface area contributed by atoms with Crippen LogP contribution in [-0.2, 0) is 4.79 Å². The molecule has 10 heteroatoms. The third kappa shape index (κ3) is 4.67. The number of nitrogens with one attached hydrogen (secondary N) is 1. The minimum absolute atomic E-state index is 0.145. The maximum absolute atomic E-state index is 12.8. The number of nitrogens with two attached hydrogens (primary N) is 1. The lowest BCUT2D eigenvalue weighted by molar-refractivity contribution is -0.115. The summed E-state index contributed by atoms with van der Waals surface area (Å²) >= 11 is 0. The van der Waals surface area contributed by atoms with E-state index < -0.39 is 0 Å². The minimum Gasteiger partial charge on any atom is -0.495 e. The molecular weight excluding hydrogens is 470 g/mol. The third-order valence-corrected chi connectivity index (χ3v) is 6.59. The van der Waals surface area contributed by atoms with Crippen molar-refractivity contribution in [3.05, 3.63) is 48.8 Å². The predicted molar refractivity (Wildman–Crippen MR) is 143 cm³/mol. The van der Waals surface area contributed by atoms with E-state index in [-0.39, 0.29) is 11.9 Å². The van der Waals surface area contributed by atoms with E-state index in [4.69, 9.17) is 20.3 Å². The highest BCUT2D eigenvalue weighted by molar-refractivity contribution is 6.02. The first-order valence-electron chi connectivity index (χ1n) is 12.4. The number of fused-ring (bicyclic) bond motifs is 1. The molecule has 1 saturated heterocycles. The topological polar surface area (TPSA) is 120 Å². The summed E-state index contributed by atoms with van der Waals surface area (Å²) in [6.07, 6.45) is 3.39. The largest absolute Gasteiger partial charge is 0.495 e. The lowest BCUT2D eigenvalue weighted by Crippen LogP contribution is -2.30. The zero-order valence-electron chi connectivity index (χ0n) is 21.3. The fourth-order valence-corrected chi connectivity index (χ4v) is 4.86. The number of rotatable bonds is 7. The summed E-state index contributed by atoms with van der Waals surface area (Å²) in [5.41, 5.74) is 9.86. The highest BCUT2D eigenvalue weighted by Crippen LogP contribution is 2.40. The van der Waals surface area contributed by atoms with Gasteiger partial charge < -0.3 is 20.5 Å². The standard InChI is InChI=1S/C27H31N7O3/c1-4-37-21-8-6-19(7-9-21)33(17(2)35)22-10-5-18(15-23(22)36-3)25-24-26(28)30-16-31-27(24)34(32-25)20-11-13-29-14-12-20/h5-10,15-16,20,29H,4,11-14H2,1-3H3,(H2,28,30,31). The quantitative estimate of drug-likeness (QED) is 0.388. The van der Waals surface area contributed by atoms with Crippen LogP contribution in [0.3, 0.4) is 0 Å². The molecular formula is C27H31N7O3. The molecule has 0 bridgehead atoms. The van der Waals surface area contributed by atoms with E-state index in [9.17, 15) is 4.79 Å². The van der Waals surface area contributed by atoms with Gasteiger partial charge in [0.15, 0.2) is 5.65 Å². The van der Waals surface area contributed by atoms with Gasteiger partial charge in [-0.15, -0.1) is 0 Å². The highest BCUT2D eigenvalue weighted by Gasteiger charge is 2.25. The van der Waals surface area contributed by atoms with Crippen LogP contribution >= 0.6 is 0 Å². The first-order chi connectivity index (χ1) is 18.0. The molecule has 3 N–H and O–H groups in total. The van der Waals surface area contributed by atoms with Gasteiger partial charge in [0.2, 0.25) is 5.91 Å². The second kappa shape index (κ2) is 10.4. The van der Waals surface area contributed by atoms with Crippen molar-refractivity contribution in [3.8, 4) is 22.8 Å². The van der Waals surface area contributed by atoms with Gasteiger partial charge >= 0.3 is 0 Å². The van der Waals surface area contributed by atoms with E-state index in [0.717, 1.165) is 42.9 Å². The van der Waals surface area contributed by atoms with E-state index in [1.807, 2.05) is 54.1 Å². The van der Waals surface area contributed by atoms with Crippen LogP contribution in [-0.4, -0.2) is 52.5 Å². The maximum atomic E-state index is 12.8. The summed E-state index contributed by atoms with van der Waals surface area (Å²) in [4.78, 5) is 23.1. The fourth-order valence-electron chi connectivity index (χ4n) is 4.86. The summed E-state index contributed by atoms with van der Waals surface area (Å²) < 4.78 is 13.3. The Kier molecular flexibility index (Phi) is 6.91. The van der Waals surface area contributed by atoms with Gasteiger partial charge in [-0.05, 0) is 69.3 Å². The molecule has 3 heterocycles. The van der Waals surface area contributed by atoms with Gasteiger partial charge in [-0.2, -0.15) is 5.10 Å². The number of amides is 1. The number of methoxy groups -OCH3 is 1. The van der Waals surface area contributed by atoms with Gasteiger partial charge in [0, 0.05) is 18.2 Å². The Balaban J connectivity index is 1.59. The number of hydrogen-bond donors (Lipinski definition) is 2. The molecule has 1 aliphatic heterocycles. The summed E-state index contributed by atoms with van der Waals surface area (Å²) in [7, 11) is 1.59. The second-order valence-corrected chi connectivity index (χ2v) is 8.90. The SMILES string of the molecule is CCOc1ccc(N(C(C)=O)c2ccc(-c3nn(C4CCNCC4)c4ncnc(N)c34)cc2OC)cc1. The van der Waals surface area contributed by atoms with Crippen LogP contribution in [0.4, 0.5) is 17.2 Å². The lowest BCUT2D eigenvalue weighted by Gasteiger charge is -2.24. The molecule has 37 heavy (non-hydrogen) atoms. The van der Waals surface area contributed by atoms with Crippen LogP contribution in [0.2, 0.25) is 0 Å². The normalized spacial score (nSPS) is 14.0. The van der Waals surface area contributed by atoms with Crippen molar-refractivity contribution in [1.29, 1.82) is 0 Å². The van der Waals surface area contributed by atoms with E-state index in [1.165, 1.54) is 13.3 Å². The van der Waals surface area contributed by atoms with E-state index in [1.54, 1.807) is 12.0 Å². The molecule has 0 aliphatic carbocycles. The molecule has 2 aromatic heterocycles. The zero-order valence-corrected chi connectivity index (χ0v) is 21.3. The minimum atomic E-state index is -0.145. The molecule has 5 rings (SSSR count). The van der Waals surface area contributed by atoms with Gasteiger partial charge in [-0.1, -0.05) is 6.07 Å². The van der Waals surface area contributed by atoms with Crippen LogP contribution < -0.4 is 25.4 Å². The summed E-state index contributed by atoms with van der Waals surface area (Å²) in [5.74, 6) is 1.51. The molecule has 1 aliphatic rings. The van der Waals surface area contributed by atoms with Gasteiger partial charge in [0.1, 0.15) is 29.3 Å². The molecule has 0 saturated carbocycles. The second-order valence-electron chi connectivity index (χ2n) is 8.90. The lowest BCUT2D eigenvalue weighted by atomic mass is 10.1. The van der Waals surface area contributed by atoms with Crippen molar-refractivity contribution in [2.75, 3.05) is 37.4 Å². The first-order valence-corrected chi connectivity index (χ1v) is 12.4. The molecule has 0 unspecified atom stereocenters. The molecule has 0 spiro atoms. The Morgan fingerprint density at radius 3 is 2.59 bits per heavy atom. The first kappa shape index (κ1) is 24.5. The molecule has 10 nitrogen and oxygen atoms in total. The maximum Gasteiger partial charge on any atom is 0.228 e. The predicted octanol–water partition coefficient (Wildman–Crippen LogP) is 4.09. The van der Waals surface area contributed by atoms with Crippen LogP contribution in [0.5, 0.6) is 11.5 Å². The molecule has 2 aromatic carbocycles. The average Bonchev–Trinajstić information content (AvgIpc) is 3.31. The van der Waals surface area contributed by atoms with Crippen molar-refractivity contribution in [2.45, 2.75) is 32.7 Å². The Bertz CT molecular complexity index is 1410. The van der Waals surface area contributed by atoms with Crippen molar-refractivity contribution in [3.63, 3.8) is 0 Å². The molecule has 0 atom stereocenters.